The normalized spacial score (nSPS) is 25.5. The Labute approximate surface area is 289 Å². The molecule has 2 N–H and O–H groups in total. The first-order valence-corrected chi connectivity index (χ1v) is 18.0. The predicted molar refractivity (Wildman–Crippen MR) is 182 cm³/mol. The highest BCUT2D eigenvalue weighted by molar-refractivity contribution is 7.23. The zero-order valence-corrected chi connectivity index (χ0v) is 28.4. The molecule has 0 spiro atoms. The minimum atomic E-state index is -2.46. The molecule has 0 saturated carbocycles. The van der Waals surface area contributed by atoms with Gasteiger partial charge >= 0.3 is 6.01 Å². The average Bonchev–Trinajstić information content (AvgIpc) is 3.65. The molecule has 8 nitrogen and oxygen atoms in total. The third-order valence-corrected chi connectivity index (χ3v) is 12.3. The molecule has 4 aliphatic heterocycles. The number of benzene rings is 2. The number of nitriles is 1. The van der Waals surface area contributed by atoms with Crippen LogP contribution in [0.25, 0.3) is 32.1 Å². The summed E-state index contributed by atoms with van der Waals surface area (Å²) in [6.45, 7) is 5.06. The van der Waals surface area contributed by atoms with E-state index in [9.17, 15) is 14.0 Å². The molecule has 4 aromatic rings. The molecule has 4 atom stereocenters. The topological polar surface area (TPSA) is 101 Å². The lowest BCUT2D eigenvalue weighted by molar-refractivity contribution is 0.0652. The van der Waals surface area contributed by atoms with Gasteiger partial charge in [0.15, 0.2) is 11.6 Å². The summed E-state index contributed by atoms with van der Waals surface area (Å²) in [5.74, 6) is -1.24. The van der Waals surface area contributed by atoms with Crippen LogP contribution in [0, 0.1) is 34.8 Å². The number of nitrogens with two attached hydrogens (primary N) is 1. The highest BCUT2D eigenvalue weighted by Crippen LogP contribution is 2.51. The molecule has 8 rings (SSSR count). The number of alkyl halides is 2. The molecular formula is C35H35ClF4N6O2S. The Kier molecular flexibility index (Phi) is 8.19. The van der Waals surface area contributed by atoms with E-state index in [2.05, 4.69) is 16.8 Å². The standard InChI is InChI=1S/C35H35ClF4N6O2S/c1-17-13-35(8-3-9-45(35)15-17)16-48-34-43-28-25-29(47-11-7-19-12-18(31(39)40)4-2-10-46(19)33(25)44-34)26(36)24(27(28)38)20-5-6-22(37)30-23(20)21(14-41)32(42)49-30/h5-6,17-19,31H,2-4,7-13,15-16,42H2,1H3/t17-,18?,19?,35+/m1/s1. The second kappa shape index (κ2) is 12.3. The summed E-state index contributed by atoms with van der Waals surface area (Å²) in [4.78, 5) is 13.9. The Morgan fingerprint density at radius 2 is 2.04 bits per heavy atom. The molecule has 2 unspecified atom stereocenters. The molecule has 258 valence electrons. The van der Waals surface area contributed by atoms with Gasteiger partial charge in [-0.1, -0.05) is 24.6 Å². The zero-order chi connectivity index (χ0) is 34.2. The fourth-order valence-corrected chi connectivity index (χ4v) is 10.1. The number of nitrogens with zero attached hydrogens (tertiary/aromatic N) is 5. The third kappa shape index (κ3) is 5.24. The number of ether oxygens (including phenoxy) is 2. The van der Waals surface area contributed by atoms with E-state index in [4.69, 9.17) is 31.8 Å². The van der Waals surface area contributed by atoms with Gasteiger partial charge in [-0.15, -0.1) is 11.3 Å². The fourth-order valence-electron chi connectivity index (χ4n) is 8.79. The molecule has 0 aliphatic carbocycles. The Bertz CT molecular complexity index is 2020. The summed E-state index contributed by atoms with van der Waals surface area (Å²) >= 11 is 7.96. The van der Waals surface area contributed by atoms with Crippen molar-refractivity contribution in [2.75, 3.05) is 43.5 Å². The summed E-state index contributed by atoms with van der Waals surface area (Å²) < 4.78 is 73.2. The van der Waals surface area contributed by atoms with Gasteiger partial charge < -0.3 is 20.1 Å². The minimum absolute atomic E-state index is 0.0215. The van der Waals surface area contributed by atoms with Crippen molar-refractivity contribution < 1.29 is 27.0 Å². The Hall–Kier alpha value is -3.60. The van der Waals surface area contributed by atoms with Crippen LogP contribution in [0.3, 0.4) is 0 Å². The van der Waals surface area contributed by atoms with Gasteiger partial charge in [0.05, 0.1) is 32.8 Å². The molecule has 14 heteroatoms. The Balaban J connectivity index is 1.34. The Morgan fingerprint density at radius 3 is 2.84 bits per heavy atom. The van der Waals surface area contributed by atoms with Crippen LogP contribution >= 0.6 is 22.9 Å². The van der Waals surface area contributed by atoms with Crippen LogP contribution in [0.4, 0.5) is 28.4 Å². The van der Waals surface area contributed by atoms with Crippen molar-refractivity contribution in [3.63, 3.8) is 0 Å². The number of halogens is 5. The van der Waals surface area contributed by atoms with Gasteiger partial charge in [-0.05, 0) is 62.6 Å². The van der Waals surface area contributed by atoms with Crippen molar-refractivity contribution in [3.05, 3.63) is 34.4 Å². The molecule has 2 aromatic carbocycles. The van der Waals surface area contributed by atoms with Gasteiger partial charge in [-0.3, -0.25) is 4.90 Å². The molecule has 3 fully saturated rings. The number of hydrogen-bond acceptors (Lipinski definition) is 9. The predicted octanol–water partition coefficient (Wildman–Crippen LogP) is 8.17. The third-order valence-electron chi connectivity index (χ3n) is 10.9. The summed E-state index contributed by atoms with van der Waals surface area (Å²) in [6.07, 6.45) is 2.02. The molecule has 2 aromatic heterocycles. The van der Waals surface area contributed by atoms with Crippen LogP contribution in [-0.4, -0.2) is 65.7 Å². The quantitative estimate of drug-likeness (QED) is 0.207. The van der Waals surface area contributed by atoms with Gasteiger partial charge in [-0.2, -0.15) is 15.2 Å². The van der Waals surface area contributed by atoms with Gasteiger partial charge in [0, 0.05) is 42.4 Å². The lowest BCUT2D eigenvalue weighted by Crippen LogP contribution is -2.43. The van der Waals surface area contributed by atoms with E-state index in [0.717, 1.165) is 43.7 Å². The van der Waals surface area contributed by atoms with E-state index >= 15 is 8.78 Å². The molecule has 49 heavy (non-hydrogen) atoms. The van der Waals surface area contributed by atoms with Crippen molar-refractivity contribution >= 4 is 54.7 Å². The van der Waals surface area contributed by atoms with Crippen LogP contribution in [0.5, 0.6) is 11.8 Å². The lowest BCUT2D eigenvalue weighted by atomic mass is 9.92. The maximum atomic E-state index is 17.3. The van der Waals surface area contributed by atoms with E-state index in [-0.39, 0.29) is 84.1 Å². The van der Waals surface area contributed by atoms with E-state index in [0.29, 0.717) is 44.1 Å². The van der Waals surface area contributed by atoms with Crippen LogP contribution in [0.2, 0.25) is 5.02 Å². The molecular weight excluding hydrogens is 680 g/mol. The van der Waals surface area contributed by atoms with Crippen LogP contribution < -0.4 is 20.1 Å². The van der Waals surface area contributed by atoms with Gasteiger partial charge in [0.1, 0.15) is 34.8 Å². The van der Waals surface area contributed by atoms with Crippen LogP contribution in [-0.2, 0) is 0 Å². The molecule has 6 heterocycles. The van der Waals surface area contributed by atoms with Crippen molar-refractivity contribution in [2.24, 2.45) is 11.8 Å². The molecule has 3 saturated heterocycles. The number of nitrogen functional groups attached to an aromatic ring is 1. The smallest absolute Gasteiger partial charge is 0.319 e. The largest absolute Gasteiger partial charge is 0.491 e. The van der Waals surface area contributed by atoms with E-state index in [1.165, 1.54) is 12.1 Å². The number of rotatable bonds is 5. The van der Waals surface area contributed by atoms with Crippen LogP contribution in [0.15, 0.2) is 12.1 Å². The maximum absolute atomic E-state index is 17.3. The highest BCUT2D eigenvalue weighted by atomic mass is 35.5. The summed E-state index contributed by atoms with van der Waals surface area (Å²) in [6, 6.07) is 4.22. The molecule has 0 bridgehead atoms. The van der Waals surface area contributed by atoms with E-state index < -0.39 is 24.0 Å². The first-order chi connectivity index (χ1) is 23.6. The second-order valence-electron chi connectivity index (χ2n) is 14.0. The number of thiophene rings is 1. The van der Waals surface area contributed by atoms with Crippen molar-refractivity contribution in [3.8, 4) is 29.0 Å². The lowest BCUT2D eigenvalue weighted by Gasteiger charge is -2.35. The van der Waals surface area contributed by atoms with Gasteiger partial charge in [-0.25, -0.2) is 17.6 Å². The van der Waals surface area contributed by atoms with Crippen molar-refractivity contribution in [1.82, 2.24) is 14.9 Å². The summed E-state index contributed by atoms with van der Waals surface area (Å²) in [5.41, 5.74) is 5.90. The average molecular weight is 715 g/mol. The number of fused-ring (bicyclic) bond motifs is 4. The second-order valence-corrected chi connectivity index (χ2v) is 15.4. The molecule has 0 amide bonds. The summed E-state index contributed by atoms with van der Waals surface area (Å²) in [5, 5.41) is 10.3. The minimum Gasteiger partial charge on any atom is -0.491 e. The number of aromatic nitrogens is 2. The molecule has 4 aliphatic rings. The zero-order valence-electron chi connectivity index (χ0n) is 26.9. The SMILES string of the molecule is C[C@H]1CN2CCC[C@@]2(COc2nc3c4c(c(Cl)c(-c5ccc(F)c6sc(N)c(C#N)c56)c(F)c4n2)OCCC2CC(C(F)F)CCCN32)C1. The van der Waals surface area contributed by atoms with Gasteiger partial charge in [0.2, 0.25) is 6.43 Å². The number of hydrogen-bond donors (Lipinski definition) is 1. The number of anilines is 2. The van der Waals surface area contributed by atoms with Crippen molar-refractivity contribution in [1.29, 1.82) is 5.26 Å². The summed E-state index contributed by atoms with van der Waals surface area (Å²) in [7, 11) is 0. The highest BCUT2D eigenvalue weighted by Gasteiger charge is 2.48. The maximum Gasteiger partial charge on any atom is 0.319 e. The van der Waals surface area contributed by atoms with E-state index in [1.807, 2.05) is 11.0 Å². The van der Waals surface area contributed by atoms with Crippen LogP contribution in [0.1, 0.15) is 57.4 Å². The monoisotopic (exact) mass is 714 g/mol. The van der Waals surface area contributed by atoms with Crippen molar-refractivity contribution in [2.45, 2.75) is 69.9 Å². The first-order valence-electron chi connectivity index (χ1n) is 16.8. The van der Waals surface area contributed by atoms with E-state index in [1.54, 1.807) is 0 Å². The fraction of sp³-hybridized carbons (Fsp3) is 0.514. The molecule has 0 radical (unpaired) electrons. The first kappa shape index (κ1) is 32.6. The Morgan fingerprint density at radius 1 is 1.20 bits per heavy atom. The van der Waals surface area contributed by atoms with Gasteiger partial charge in [0.25, 0.3) is 0 Å².